The van der Waals surface area contributed by atoms with Crippen molar-refractivity contribution in [2.45, 2.75) is 57.2 Å². The van der Waals surface area contributed by atoms with Crippen molar-refractivity contribution in [1.29, 1.82) is 0 Å². The molecule has 2 heterocycles. The summed E-state index contributed by atoms with van der Waals surface area (Å²) in [7, 11) is 0. The van der Waals surface area contributed by atoms with Crippen molar-refractivity contribution in [1.82, 2.24) is 4.90 Å². The van der Waals surface area contributed by atoms with Crippen molar-refractivity contribution in [2.75, 3.05) is 6.54 Å². The Morgan fingerprint density at radius 2 is 2.17 bits per heavy atom. The zero-order valence-corrected chi connectivity index (χ0v) is 12.0. The minimum atomic E-state index is 0.221. The quantitative estimate of drug-likeness (QED) is 0.906. The zero-order valence-electron chi connectivity index (χ0n) is 11.2. The fraction of sp³-hybridized carbons (Fsp3) is 0.733. The Kier molecular flexibility index (Phi) is 3.73. The molecule has 0 amide bonds. The molecule has 1 aromatic rings. The minimum absolute atomic E-state index is 0.221. The Morgan fingerprint density at radius 3 is 2.89 bits per heavy atom. The van der Waals surface area contributed by atoms with E-state index in [9.17, 15) is 0 Å². The molecule has 1 saturated carbocycles. The molecular formula is C15H24N2S. The molecule has 4 atom stereocenters. The third-order valence-corrected chi connectivity index (χ3v) is 5.48. The fourth-order valence-corrected chi connectivity index (χ4v) is 4.77. The summed E-state index contributed by atoms with van der Waals surface area (Å²) in [6.45, 7) is 3.41. The topological polar surface area (TPSA) is 29.3 Å². The standard InChI is InChI=1S/C15H24N2S/c1-11(16)15(13-7-9-18-10-13)17-8-3-5-12-4-2-6-14(12)17/h7,9-12,14-15H,2-6,8,16H2,1H3. The molecular weight excluding hydrogens is 240 g/mol. The summed E-state index contributed by atoms with van der Waals surface area (Å²) in [6, 6.07) is 3.72. The monoisotopic (exact) mass is 264 g/mol. The number of rotatable bonds is 3. The first kappa shape index (κ1) is 12.6. The maximum atomic E-state index is 6.30. The van der Waals surface area contributed by atoms with Gasteiger partial charge in [0.05, 0.1) is 6.04 Å². The normalized spacial score (nSPS) is 32.1. The van der Waals surface area contributed by atoms with E-state index in [4.69, 9.17) is 5.73 Å². The van der Waals surface area contributed by atoms with Gasteiger partial charge in [0.15, 0.2) is 0 Å². The number of nitrogens with zero attached hydrogens (tertiary/aromatic N) is 1. The molecule has 0 radical (unpaired) electrons. The van der Waals surface area contributed by atoms with Crippen LogP contribution in [0.15, 0.2) is 16.8 Å². The number of nitrogens with two attached hydrogens (primary N) is 1. The second kappa shape index (κ2) is 5.32. The van der Waals surface area contributed by atoms with Crippen LogP contribution in [0.2, 0.25) is 0 Å². The summed E-state index contributed by atoms with van der Waals surface area (Å²) < 4.78 is 0. The molecule has 2 nitrogen and oxygen atoms in total. The lowest BCUT2D eigenvalue weighted by molar-refractivity contribution is 0.0573. The van der Waals surface area contributed by atoms with Crippen LogP contribution in [0, 0.1) is 5.92 Å². The summed E-state index contributed by atoms with van der Waals surface area (Å²) in [6.07, 6.45) is 7.04. The predicted octanol–water partition coefficient (Wildman–Crippen LogP) is 3.40. The summed E-state index contributed by atoms with van der Waals surface area (Å²) >= 11 is 1.79. The number of piperidine rings is 1. The second-order valence-corrected chi connectivity index (χ2v) is 6.78. The number of fused-ring (bicyclic) bond motifs is 1. The highest BCUT2D eigenvalue weighted by atomic mass is 32.1. The maximum absolute atomic E-state index is 6.30. The number of thiophene rings is 1. The van der Waals surface area contributed by atoms with Gasteiger partial charge in [-0.3, -0.25) is 4.90 Å². The average molecular weight is 264 g/mol. The minimum Gasteiger partial charge on any atom is -0.326 e. The van der Waals surface area contributed by atoms with Crippen LogP contribution >= 0.6 is 11.3 Å². The van der Waals surface area contributed by atoms with Crippen molar-refractivity contribution in [3.05, 3.63) is 22.4 Å². The Labute approximate surface area is 114 Å². The molecule has 0 aromatic carbocycles. The number of likely N-dealkylation sites (tertiary alicyclic amines) is 1. The van der Waals surface area contributed by atoms with E-state index in [2.05, 4.69) is 28.7 Å². The van der Waals surface area contributed by atoms with Gasteiger partial charge < -0.3 is 5.73 Å². The zero-order chi connectivity index (χ0) is 12.5. The Bertz CT molecular complexity index is 374. The molecule has 2 fully saturated rings. The van der Waals surface area contributed by atoms with Crippen molar-refractivity contribution in [3.63, 3.8) is 0 Å². The number of hydrogen-bond donors (Lipinski definition) is 1. The van der Waals surface area contributed by atoms with Gasteiger partial charge in [0.25, 0.3) is 0 Å². The molecule has 3 rings (SSSR count). The van der Waals surface area contributed by atoms with Gasteiger partial charge >= 0.3 is 0 Å². The van der Waals surface area contributed by atoms with E-state index in [0.29, 0.717) is 6.04 Å². The van der Waals surface area contributed by atoms with Gasteiger partial charge in [-0.15, -0.1) is 0 Å². The Balaban J connectivity index is 1.85. The first-order valence-electron chi connectivity index (χ1n) is 7.31. The molecule has 100 valence electrons. The molecule has 18 heavy (non-hydrogen) atoms. The first-order valence-corrected chi connectivity index (χ1v) is 8.25. The third-order valence-electron chi connectivity index (χ3n) is 4.78. The lowest BCUT2D eigenvalue weighted by Crippen LogP contribution is -2.49. The molecule has 3 heteroatoms. The molecule has 0 spiro atoms. The SMILES string of the molecule is CC(N)C(c1ccsc1)N1CCCC2CCCC21. The van der Waals surface area contributed by atoms with E-state index in [1.54, 1.807) is 11.3 Å². The van der Waals surface area contributed by atoms with E-state index < -0.39 is 0 Å². The summed E-state index contributed by atoms with van der Waals surface area (Å²) in [5.41, 5.74) is 7.74. The molecule has 1 aliphatic carbocycles. The van der Waals surface area contributed by atoms with E-state index in [0.717, 1.165) is 12.0 Å². The second-order valence-electron chi connectivity index (χ2n) is 6.00. The van der Waals surface area contributed by atoms with Gasteiger partial charge in [-0.05, 0) is 67.5 Å². The van der Waals surface area contributed by atoms with Crippen molar-refractivity contribution in [3.8, 4) is 0 Å². The van der Waals surface area contributed by atoms with Gasteiger partial charge in [-0.25, -0.2) is 0 Å². The third kappa shape index (κ3) is 2.24. The van der Waals surface area contributed by atoms with Gasteiger partial charge in [0.2, 0.25) is 0 Å². The smallest absolute Gasteiger partial charge is 0.0507 e. The summed E-state index contributed by atoms with van der Waals surface area (Å²) in [5, 5.41) is 4.47. The Hall–Kier alpha value is -0.380. The van der Waals surface area contributed by atoms with E-state index >= 15 is 0 Å². The van der Waals surface area contributed by atoms with Crippen LogP contribution < -0.4 is 5.73 Å². The van der Waals surface area contributed by atoms with Gasteiger partial charge in [-0.1, -0.05) is 6.42 Å². The van der Waals surface area contributed by atoms with Gasteiger partial charge in [0, 0.05) is 12.1 Å². The Morgan fingerprint density at radius 1 is 1.33 bits per heavy atom. The first-order chi connectivity index (χ1) is 8.77. The molecule has 4 unspecified atom stereocenters. The van der Waals surface area contributed by atoms with E-state index in [-0.39, 0.29) is 6.04 Å². The van der Waals surface area contributed by atoms with Gasteiger partial charge in [-0.2, -0.15) is 11.3 Å². The summed E-state index contributed by atoms with van der Waals surface area (Å²) in [5.74, 6) is 0.943. The molecule has 1 saturated heterocycles. The van der Waals surface area contributed by atoms with Crippen LogP contribution in [0.25, 0.3) is 0 Å². The fourth-order valence-electron chi connectivity index (χ4n) is 4.08. The molecule has 2 aliphatic rings. The van der Waals surface area contributed by atoms with E-state index in [1.165, 1.54) is 44.2 Å². The molecule has 1 aromatic heterocycles. The van der Waals surface area contributed by atoms with Crippen molar-refractivity contribution < 1.29 is 0 Å². The molecule has 0 bridgehead atoms. The molecule has 1 aliphatic heterocycles. The van der Waals surface area contributed by atoms with Crippen LogP contribution in [0.3, 0.4) is 0 Å². The van der Waals surface area contributed by atoms with Crippen LogP contribution in [0.4, 0.5) is 0 Å². The highest BCUT2D eigenvalue weighted by Gasteiger charge is 2.39. The van der Waals surface area contributed by atoms with Crippen LogP contribution in [-0.4, -0.2) is 23.5 Å². The average Bonchev–Trinajstić information content (AvgIpc) is 2.98. The maximum Gasteiger partial charge on any atom is 0.0507 e. The van der Waals surface area contributed by atoms with Crippen LogP contribution in [0.5, 0.6) is 0 Å². The van der Waals surface area contributed by atoms with Crippen LogP contribution in [0.1, 0.15) is 50.6 Å². The highest BCUT2D eigenvalue weighted by molar-refractivity contribution is 7.07. The number of hydrogen-bond acceptors (Lipinski definition) is 3. The van der Waals surface area contributed by atoms with Crippen LogP contribution in [-0.2, 0) is 0 Å². The van der Waals surface area contributed by atoms with Gasteiger partial charge in [0.1, 0.15) is 0 Å². The molecule has 2 N–H and O–H groups in total. The lowest BCUT2D eigenvalue weighted by atomic mass is 9.88. The van der Waals surface area contributed by atoms with Crippen molar-refractivity contribution in [2.24, 2.45) is 11.7 Å². The van der Waals surface area contributed by atoms with E-state index in [1.807, 2.05) is 0 Å². The lowest BCUT2D eigenvalue weighted by Gasteiger charge is -2.44. The summed E-state index contributed by atoms with van der Waals surface area (Å²) in [4.78, 5) is 2.73. The largest absolute Gasteiger partial charge is 0.326 e. The van der Waals surface area contributed by atoms with Crippen molar-refractivity contribution >= 4 is 11.3 Å². The predicted molar refractivity (Wildman–Crippen MR) is 77.8 cm³/mol. The highest BCUT2D eigenvalue weighted by Crippen LogP contribution is 2.41.